The van der Waals surface area contributed by atoms with E-state index in [4.69, 9.17) is 4.74 Å². The van der Waals surface area contributed by atoms with Gasteiger partial charge in [0.05, 0.1) is 28.8 Å². The number of fused-ring (bicyclic) bond motifs is 1. The number of hydrogen-bond acceptors (Lipinski definition) is 7. The van der Waals surface area contributed by atoms with E-state index in [1.54, 1.807) is 25.1 Å². The summed E-state index contributed by atoms with van der Waals surface area (Å²) in [5, 5.41) is 3.36. The van der Waals surface area contributed by atoms with Crippen molar-refractivity contribution < 1.29 is 26.4 Å². The van der Waals surface area contributed by atoms with E-state index in [1.165, 1.54) is 48.5 Å². The summed E-state index contributed by atoms with van der Waals surface area (Å²) in [6.45, 7) is 7.67. The molecule has 1 aliphatic heterocycles. The first-order valence-electron chi connectivity index (χ1n) is 11.4. The second kappa shape index (κ2) is 9.35. The lowest BCUT2D eigenvalue weighted by molar-refractivity contribution is 0.0596. The van der Waals surface area contributed by atoms with Crippen LogP contribution in [0, 0.1) is 6.92 Å². The highest BCUT2D eigenvalue weighted by molar-refractivity contribution is 8.10. The van der Waals surface area contributed by atoms with Crippen LogP contribution in [-0.2, 0) is 24.8 Å². The van der Waals surface area contributed by atoms with Crippen molar-refractivity contribution in [2.75, 3.05) is 16.1 Å². The quantitative estimate of drug-likeness (QED) is 0.440. The van der Waals surface area contributed by atoms with Crippen molar-refractivity contribution in [3.05, 3.63) is 89.5 Å². The summed E-state index contributed by atoms with van der Waals surface area (Å²) in [6.07, 6.45) is 1.99. The molecule has 10 heteroatoms. The van der Waals surface area contributed by atoms with Gasteiger partial charge >= 0.3 is 5.97 Å². The van der Waals surface area contributed by atoms with Crippen LogP contribution in [0.2, 0.25) is 0 Å². The number of benzene rings is 3. The number of nitrogens with one attached hydrogen (secondary N) is 1. The minimum atomic E-state index is -4.82. The van der Waals surface area contributed by atoms with E-state index in [9.17, 15) is 21.6 Å². The third kappa shape index (κ3) is 4.86. The molecule has 3 aromatic rings. The lowest BCUT2D eigenvalue weighted by Crippen LogP contribution is -2.38. The Hall–Kier alpha value is -3.63. The number of ether oxygens (including phenoxy) is 1. The lowest BCUT2D eigenvalue weighted by atomic mass is 9.91. The van der Waals surface area contributed by atoms with Crippen molar-refractivity contribution >= 4 is 43.0 Å². The number of carbonyl (C=O) groups is 1. The highest BCUT2D eigenvalue weighted by Gasteiger charge is 2.39. The maximum absolute atomic E-state index is 14.1. The minimum absolute atomic E-state index is 0.0896. The average molecular weight is 541 g/mol. The molecule has 0 saturated heterocycles. The number of carbonyl (C=O) groups excluding carboxylic acids is 1. The second-order valence-corrected chi connectivity index (χ2v) is 13.2. The molecule has 0 saturated carbocycles. The number of allylic oxidation sites excluding steroid dienone is 1. The van der Waals surface area contributed by atoms with Crippen molar-refractivity contribution in [2.24, 2.45) is 0 Å². The van der Waals surface area contributed by atoms with Crippen LogP contribution < -0.4 is 9.03 Å². The zero-order valence-corrected chi connectivity index (χ0v) is 22.8. The zero-order chi connectivity index (χ0) is 27.2. The Balaban J connectivity index is 2.00. The Morgan fingerprint density at radius 2 is 1.54 bits per heavy atom. The molecule has 8 nitrogen and oxygen atoms in total. The number of aryl methyl sites for hydroxylation is 1. The van der Waals surface area contributed by atoms with E-state index in [-0.39, 0.29) is 21.7 Å². The van der Waals surface area contributed by atoms with E-state index in [0.29, 0.717) is 9.27 Å². The van der Waals surface area contributed by atoms with E-state index < -0.39 is 30.9 Å². The molecule has 194 valence electrons. The molecule has 0 amide bonds. The molecule has 0 spiro atoms. The maximum Gasteiger partial charge on any atom is 0.339 e. The third-order valence-corrected chi connectivity index (χ3v) is 10.3. The van der Waals surface area contributed by atoms with Gasteiger partial charge in [-0.2, -0.15) is 12.1 Å². The predicted molar refractivity (Wildman–Crippen MR) is 144 cm³/mol. The minimum Gasteiger partial charge on any atom is -0.465 e. The third-order valence-electron chi connectivity index (χ3n) is 6.00. The SMILES string of the molecule is COC(=O)c1ccccc1S(=O)(=O)N(c1ccc2c(c1)C(C)=CC(C)(C)N2)S(=O)(=O)c1ccc(C)cc1. The van der Waals surface area contributed by atoms with Crippen LogP contribution in [-0.4, -0.2) is 35.5 Å². The molecule has 1 heterocycles. The first-order valence-corrected chi connectivity index (χ1v) is 14.3. The molecule has 0 aliphatic carbocycles. The van der Waals surface area contributed by atoms with E-state index in [0.717, 1.165) is 23.9 Å². The molecular weight excluding hydrogens is 512 g/mol. The molecule has 3 aromatic carbocycles. The van der Waals surface area contributed by atoms with Gasteiger partial charge in [-0.25, -0.2) is 13.2 Å². The Labute approximate surface area is 217 Å². The van der Waals surface area contributed by atoms with Crippen LogP contribution in [0.15, 0.2) is 82.6 Å². The van der Waals surface area contributed by atoms with Crippen LogP contribution >= 0.6 is 0 Å². The molecule has 0 fully saturated rings. The molecule has 37 heavy (non-hydrogen) atoms. The molecule has 1 aliphatic rings. The molecular formula is C27H28N2O6S2. The van der Waals surface area contributed by atoms with Crippen molar-refractivity contribution in [2.45, 2.75) is 43.0 Å². The lowest BCUT2D eigenvalue weighted by Gasteiger charge is -2.32. The largest absolute Gasteiger partial charge is 0.465 e. The van der Waals surface area contributed by atoms with Crippen molar-refractivity contribution in [1.29, 1.82) is 0 Å². The zero-order valence-electron chi connectivity index (χ0n) is 21.1. The van der Waals surface area contributed by atoms with E-state index in [1.807, 2.05) is 26.8 Å². The Kier molecular flexibility index (Phi) is 6.68. The van der Waals surface area contributed by atoms with Gasteiger partial charge in [-0.3, -0.25) is 0 Å². The van der Waals surface area contributed by atoms with Gasteiger partial charge in [0.1, 0.15) is 4.90 Å². The Morgan fingerprint density at radius 1 is 0.892 bits per heavy atom. The maximum atomic E-state index is 14.1. The fourth-order valence-electron chi connectivity index (χ4n) is 4.36. The van der Waals surface area contributed by atoms with Gasteiger partial charge in [0.15, 0.2) is 0 Å². The second-order valence-electron chi connectivity index (χ2n) is 9.41. The van der Waals surface area contributed by atoms with Gasteiger partial charge in [-0.05, 0) is 75.7 Å². The first kappa shape index (κ1) is 26.4. The summed E-state index contributed by atoms with van der Waals surface area (Å²) in [6, 6.07) is 15.9. The number of anilines is 2. The van der Waals surface area contributed by atoms with Crippen LogP contribution in [0.1, 0.15) is 42.3 Å². The van der Waals surface area contributed by atoms with Gasteiger partial charge in [0, 0.05) is 11.3 Å². The topological polar surface area (TPSA) is 110 Å². The van der Waals surface area contributed by atoms with E-state index in [2.05, 4.69) is 5.32 Å². The van der Waals surface area contributed by atoms with Crippen LogP contribution in [0.5, 0.6) is 0 Å². The summed E-state index contributed by atoms with van der Waals surface area (Å²) >= 11 is 0. The van der Waals surface area contributed by atoms with Crippen LogP contribution in [0.4, 0.5) is 11.4 Å². The number of hydrogen-bond donors (Lipinski definition) is 1. The monoisotopic (exact) mass is 540 g/mol. The van der Waals surface area contributed by atoms with Crippen molar-refractivity contribution in [3.8, 4) is 0 Å². The smallest absolute Gasteiger partial charge is 0.339 e. The summed E-state index contributed by atoms with van der Waals surface area (Å²) in [7, 11) is -8.33. The summed E-state index contributed by atoms with van der Waals surface area (Å²) in [5.74, 6) is -0.900. The fraction of sp³-hybridized carbons (Fsp3) is 0.222. The van der Waals surface area contributed by atoms with Crippen molar-refractivity contribution in [1.82, 2.24) is 0 Å². The summed E-state index contributed by atoms with van der Waals surface area (Å²) < 4.78 is 61.3. The van der Waals surface area contributed by atoms with Crippen molar-refractivity contribution in [3.63, 3.8) is 0 Å². The molecule has 0 aromatic heterocycles. The molecule has 0 bridgehead atoms. The average Bonchev–Trinajstić information content (AvgIpc) is 2.83. The molecule has 0 unspecified atom stereocenters. The highest BCUT2D eigenvalue weighted by atomic mass is 32.3. The van der Waals surface area contributed by atoms with Gasteiger partial charge in [0.25, 0.3) is 20.0 Å². The first-order chi connectivity index (χ1) is 17.3. The molecule has 4 rings (SSSR count). The van der Waals surface area contributed by atoms with Crippen LogP contribution in [0.3, 0.4) is 0 Å². The predicted octanol–water partition coefficient (Wildman–Crippen LogP) is 4.97. The Bertz CT molecular complexity index is 1620. The molecule has 0 atom stereocenters. The Morgan fingerprint density at radius 3 is 2.19 bits per heavy atom. The summed E-state index contributed by atoms with van der Waals surface area (Å²) in [5.41, 5.74) is 2.39. The number of sulfonamides is 2. The standard InChI is InChI=1S/C27H28N2O6S2/c1-18-10-13-21(14-11-18)36(31,32)29(37(33,34)25-9-7-6-8-22(25)26(30)35-5)20-12-15-24-23(16-20)19(2)17-27(3,4)28-24/h6-17,28H,1-5H3. The van der Waals surface area contributed by atoms with Gasteiger partial charge in [-0.15, -0.1) is 0 Å². The van der Waals surface area contributed by atoms with Gasteiger partial charge < -0.3 is 10.1 Å². The fourth-order valence-corrected chi connectivity index (χ4v) is 8.20. The van der Waals surface area contributed by atoms with Crippen LogP contribution in [0.25, 0.3) is 5.57 Å². The highest BCUT2D eigenvalue weighted by Crippen LogP contribution is 2.39. The van der Waals surface area contributed by atoms with Gasteiger partial charge in [-0.1, -0.05) is 35.9 Å². The summed E-state index contributed by atoms with van der Waals surface area (Å²) in [4.78, 5) is 11.7. The normalized spacial score (nSPS) is 14.7. The molecule has 1 N–H and O–H groups in total. The van der Waals surface area contributed by atoms with E-state index >= 15 is 0 Å². The number of esters is 1. The number of rotatable bonds is 6. The number of methoxy groups -OCH3 is 1. The van der Waals surface area contributed by atoms with Gasteiger partial charge in [0.2, 0.25) is 0 Å². The molecule has 0 radical (unpaired) electrons. The number of nitrogens with zero attached hydrogens (tertiary/aromatic N) is 1.